The van der Waals surface area contributed by atoms with Gasteiger partial charge in [0.1, 0.15) is 11.8 Å². The highest BCUT2D eigenvalue weighted by Crippen LogP contribution is 2.29. The number of ether oxygens (including phenoxy) is 3. The highest BCUT2D eigenvalue weighted by Gasteiger charge is 2.45. The van der Waals surface area contributed by atoms with E-state index < -0.39 is 40.9 Å². The van der Waals surface area contributed by atoms with Crippen LogP contribution in [0.1, 0.15) is 23.7 Å². The van der Waals surface area contributed by atoms with E-state index in [1.165, 1.54) is 69.7 Å². The minimum absolute atomic E-state index is 0.0889. The highest BCUT2D eigenvalue weighted by molar-refractivity contribution is 6.23. The summed E-state index contributed by atoms with van der Waals surface area (Å²) in [4.78, 5) is 63.0. The lowest BCUT2D eigenvalue weighted by molar-refractivity contribution is -0.384. The molecule has 0 aromatic heterocycles. The van der Waals surface area contributed by atoms with Crippen LogP contribution in [0.5, 0.6) is 5.75 Å². The first-order chi connectivity index (χ1) is 16.7. The van der Waals surface area contributed by atoms with E-state index in [1.54, 1.807) is 0 Å². The van der Waals surface area contributed by atoms with Gasteiger partial charge in [0.25, 0.3) is 17.5 Å². The molecule has 0 bridgehead atoms. The first-order valence-corrected chi connectivity index (χ1v) is 10.4. The predicted molar refractivity (Wildman–Crippen MR) is 121 cm³/mol. The van der Waals surface area contributed by atoms with Crippen molar-refractivity contribution in [3.8, 4) is 5.75 Å². The van der Waals surface area contributed by atoms with Gasteiger partial charge in [0.15, 0.2) is 6.29 Å². The Hall–Kier alpha value is -4.16. The standard InChI is InChI=1S/C23H23N3O9/c1-14(27)35-18-10-8-16(9-11-18)25-20(28)12-19(23(25)30)24(13-21(33-2)34-3)22(29)15-4-6-17(7-5-15)26(31)32/h4-11,19,21H,12-13H2,1-3H3. The summed E-state index contributed by atoms with van der Waals surface area (Å²) in [5.41, 5.74) is 0.136. The number of nitrogens with zero attached hydrogens (tertiary/aromatic N) is 3. The fraction of sp³-hybridized carbons (Fsp3) is 0.304. The Balaban J connectivity index is 1.90. The average molecular weight is 485 g/mol. The van der Waals surface area contributed by atoms with Crippen molar-refractivity contribution >= 4 is 35.1 Å². The molecule has 1 atom stereocenters. The van der Waals surface area contributed by atoms with Crippen molar-refractivity contribution in [2.45, 2.75) is 25.7 Å². The van der Waals surface area contributed by atoms with Crippen LogP contribution in [-0.2, 0) is 23.9 Å². The van der Waals surface area contributed by atoms with Crippen LogP contribution < -0.4 is 9.64 Å². The number of carbonyl (C=O) groups excluding carboxylic acids is 4. The SMILES string of the molecule is COC(CN(C(=O)c1ccc([N+](=O)[O-])cc1)C1CC(=O)N(c2ccc(OC(C)=O)cc2)C1=O)OC. The first-order valence-electron chi connectivity index (χ1n) is 10.4. The Bertz CT molecular complexity index is 1130. The van der Waals surface area contributed by atoms with Gasteiger partial charge in [-0.1, -0.05) is 0 Å². The zero-order valence-corrected chi connectivity index (χ0v) is 19.2. The quantitative estimate of drug-likeness (QED) is 0.130. The molecule has 2 aromatic rings. The summed E-state index contributed by atoms with van der Waals surface area (Å²) < 4.78 is 15.3. The number of carbonyl (C=O) groups is 4. The maximum Gasteiger partial charge on any atom is 0.308 e. The van der Waals surface area contributed by atoms with Crippen LogP contribution in [0.15, 0.2) is 48.5 Å². The number of imide groups is 1. The molecule has 1 aliphatic heterocycles. The lowest BCUT2D eigenvalue weighted by Gasteiger charge is -2.30. The highest BCUT2D eigenvalue weighted by atomic mass is 16.7. The van der Waals surface area contributed by atoms with E-state index >= 15 is 0 Å². The molecule has 0 spiro atoms. The Kier molecular flexibility index (Phi) is 7.89. The van der Waals surface area contributed by atoms with E-state index in [0.29, 0.717) is 0 Å². The fourth-order valence-electron chi connectivity index (χ4n) is 3.61. The third-order valence-corrected chi connectivity index (χ3v) is 5.31. The topological polar surface area (TPSA) is 146 Å². The van der Waals surface area contributed by atoms with Crippen LogP contribution in [0.2, 0.25) is 0 Å². The van der Waals surface area contributed by atoms with Crippen molar-refractivity contribution in [1.82, 2.24) is 4.90 Å². The molecule has 0 saturated carbocycles. The minimum Gasteiger partial charge on any atom is -0.427 e. The molecule has 1 aliphatic rings. The second-order valence-electron chi connectivity index (χ2n) is 7.54. The molecule has 0 radical (unpaired) electrons. The van der Waals surface area contributed by atoms with Crippen LogP contribution in [0.3, 0.4) is 0 Å². The molecule has 184 valence electrons. The smallest absolute Gasteiger partial charge is 0.308 e. The molecule has 12 heteroatoms. The Morgan fingerprint density at radius 2 is 1.69 bits per heavy atom. The molecule has 3 rings (SSSR count). The molecule has 0 aliphatic carbocycles. The summed E-state index contributed by atoms with van der Waals surface area (Å²) in [6, 6.07) is 9.52. The third kappa shape index (κ3) is 5.67. The van der Waals surface area contributed by atoms with E-state index in [0.717, 1.165) is 9.80 Å². The monoisotopic (exact) mass is 485 g/mol. The summed E-state index contributed by atoms with van der Waals surface area (Å²) in [6.45, 7) is 1.07. The maximum atomic E-state index is 13.3. The minimum atomic E-state index is -1.16. The number of esters is 1. The van der Waals surface area contributed by atoms with Gasteiger partial charge in [0.2, 0.25) is 5.91 Å². The lowest BCUT2D eigenvalue weighted by Crippen LogP contribution is -2.49. The Morgan fingerprint density at radius 1 is 1.09 bits per heavy atom. The van der Waals surface area contributed by atoms with Gasteiger partial charge in [-0.05, 0) is 36.4 Å². The van der Waals surface area contributed by atoms with Crippen LogP contribution in [0.4, 0.5) is 11.4 Å². The number of nitro groups is 1. The number of amides is 3. The molecule has 1 unspecified atom stereocenters. The summed E-state index contributed by atoms with van der Waals surface area (Å²) in [5.74, 6) is -2.07. The average Bonchev–Trinajstić information content (AvgIpc) is 3.13. The van der Waals surface area contributed by atoms with Gasteiger partial charge in [0.05, 0.1) is 23.6 Å². The Labute approximate surface area is 200 Å². The van der Waals surface area contributed by atoms with Crippen molar-refractivity contribution in [2.75, 3.05) is 25.7 Å². The van der Waals surface area contributed by atoms with Gasteiger partial charge in [-0.25, -0.2) is 4.90 Å². The zero-order valence-electron chi connectivity index (χ0n) is 19.2. The summed E-state index contributed by atoms with van der Waals surface area (Å²) in [6.07, 6.45) is -1.18. The molecule has 35 heavy (non-hydrogen) atoms. The van der Waals surface area contributed by atoms with E-state index in [2.05, 4.69) is 0 Å². The fourth-order valence-corrected chi connectivity index (χ4v) is 3.61. The molecule has 1 saturated heterocycles. The van der Waals surface area contributed by atoms with E-state index in [1.807, 2.05) is 0 Å². The second-order valence-corrected chi connectivity index (χ2v) is 7.54. The molecular formula is C23H23N3O9. The van der Waals surface area contributed by atoms with Crippen molar-refractivity contribution in [3.63, 3.8) is 0 Å². The number of hydrogen-bond donors (Lipinski definition) is 0. The number of methoxy groups -OCH3 is 2. The van der Waals surface area contributed by atoms with Gasteiger partial charge in [-0.15, -0.1) is 0 Å². The Morgan fingerprint density at radius 3 is 2.20 bits per heavy atom. The predicted octanol–water partition coefficient (Wildman–Crippen LogP) is 1.91. The van der Waals surface area contributed by atoms with Crippen molar-refractivity contribution in [3.05, 3.63) is 64.2 Å². The van der Waals surface area contributed by atoms with Crippen molar-refractivity contribution < 1.29 is 38.3 Å². The van der Waals surface area contributed by atoms with Crippen LogP contribution in [0.25, 0.3) is 0 Å². The summed E-state index contributed by atoms with van der Waals surface area (Å²) in [5, 5.41) is 10.9. The van der Waals surface area contributed by atoms with Crippen molar-refractivity contribution in [1.29, 1.82) is 0 Å². The van der Waals surface area contributed by atoms with Crippen LogP contribution in [0, 0.1) is 10.1 Å². The molecule has 0 N–H and O–H groups in total. The number of hydrogen-bond acceptors (Lipinski definition) is 9. The van der Waals surface area contributed by atoms with E-state index in [-0.39, 0.29) is 35.7 Å². The van der Waals surface area contributed by atoms with Gasteiger partial charge in [-0.2, -0.15) is 0 Å². The molecule has 1 heterocycles. The number of benzene rings is 2. The summed E-state index contributed by atoms with van der Waals surface area (Å²) in [7, 11) is 2.72. The van der Waals surface area contributed by atoms with E-state index in [9.17, 15) is 29.3 Å². The lowest BCUT2D eigenvalue weighted by atomic mass is 10.1. The number of non-ortho nitro benzene ring substituents is 1. The number of nitro benzene ring substituents is 1. The number of anilines is 1. The number of rotatable bonds is 9. The van der Waals surface area contributed by atoms with Gasteiger partial charge in [0, 0.05) is 38.8 Å². The molecule has 3 amide bonds. The molecule has 12 nitrogen and oxygen atoms in total. The van der Waals surface area contributed by atoms with Gasteiger partial charge < -0.3 is 19.1 Å². The molecule has 2 aromatic carbocycles. The zero-order chi connectivity index (χ0) is 25.7. The second kappa shape index (κ2) is 10.8. The third-order valence-electron chi connectivity index (χ3n) is 5.31. The van der Waals surface area contributed by atoms with Gasteiger partial charge >= 0.3 is 5.97 Å². The maximum absolute atomic E-state index is 13.3. The van der Waals surface area contributed by atoms with E-state index in [4.69, 9.17) is 14.2 Å². The largest absolute Gasteiger partial charge is 0.427 e. The normalized spacial score (nSPS) is 15.4. The molecular weight excluding hydrogens is 462 g/mol. The van der Waals surface area contributed by atoms with Gasteiger partial charge in [-0.3, -0.25) is 29.3 Å². The molecule has 1 fully saturated rings. The van der Waals surface area contributed by atoms with Crippen molar-refractivity contribution in [2.24, 2.45) is 0 Å². The van der Waals surface area contributed by atoms with Crippen LogP contribution in [-0.4, -0.2) is 66.6 Å². The van der Waals surface area contributed by atoms with Crippen LogP contribution >= 0.6 is 0 Å². The first kappa shape index (κ1) is 25.5. The summed E-state index contributed by atoms with van der Waals surface area (Å²) >= 11 is 0.